The van der Waals surface area contributed by atoms with E-state index in [1.54, 1.807) is 23.6 Å². The van der Waals surface area contributed by atoms with Gasteiger partial charge in [-0.2, -0.15) is 13.2 Å². The second-order valence-corrected chi connectivity index (χ2v) is 9.58. The molecule has 2 atom stereocenters. The van der Waals surface area contributed by atoms with E-state index in [9.17, 15) is 27.9 Å². The molecule has 9 heteroatoms. The van der Waals surface area contributed by atoms with Crippen LogP contribution in [0.5, 0.6) is 5.75 Å². The molecule has 3 heterocycles. The van der Waals surface area contributed by atoms with Gasteiger partial charge in [-0.05, 0) is 78.9 Å². The molecular weight excluding hydrogens is 479 g/mol. The minimum Gasteiger partial charge on any atom is -0.507 e. The number of halogens is 3. The number of anilines is 1. The summed E-state index contributed by atoms with van der Waals surface area (Å²) >= 11 is 1.30. The van der Waals surface area contributed by atoms with Gasteiger partial charge in [-0.25, -0.2) is 0 Å². The number of Topliss-reactive ketones (excluding diaryl/α,β-unsaturated/α-hetero) is 1. The third-order valence-electron chi connectivity index (χ3n) is 6.24. The van der Waals surface area contributed by atoms with Crippen molar-refractivity contribution in [2.24, 2.45) is 0 Å². The lowest BCUT2D eigenvalue weighted by Crippen LogP contribution is -2.29. The van der Waals surface area contributed by atoms with Crippen molar-refractivity contribution in [2.75, 3.05) is 4.90 Å². The topological polar surface area (TPSA) is 66.8 Å². The van der Waals surface area contributed by atoms with Gasteiger partial charge in [-0.1, -0.05) is 0 Å². The number of benzene rings is 2. The summed E-state index contributed by atoms with van der Waals surface area (Å²) in [6.45, 7) is 3.74. The zero-order valence-electron chi connectivity index (χ0n) is 18.7. The Hall–Kier alpha value is -3.59. The minimum atomic E-state index is -4.54. The fourth-order valence-corrected chi connectivity index (χ4v) is 5.57. The first-order chi connectivity index (χ1) is 16.6. The molecule has 35 heavy (non-hydrogen) atoms. The maximum atomic E-state index is 13.2. The van der Waals surface area contributed by atoms with Gasteiger partial charge in [-0.15, -0.1) is 11.3 Å². The predicted molar refractivity (Wildman–Crippen MR) is 126 cm³/mol. The third-order valence-corrected chi connectivity index (χ3v) is 7.31. The minimum absolute atomic E-state index is 0.0126. The molecule has 5 rings (SSSR count). The quantitative estimate of drug-likeness (QED) is 0.272. The number of hydrogen-bond donors (Lipinski definition) is 1. The maximum absolute atomic E-state index is 13.2. The molecule has 0 saturated carbocycles. The van der Waals surface area contributed by atoms with Crippen molar-refractivity contribution in [1.82, 2.24) is 0 Å². The van der Waals surface area contributed by atoms with Crippen molar-refractivity contribution in [3.05, 3.63) is 86.6 Å². The molecule has 1 aromatic heterocycles. The number of thiophene rings is 1. The Balaban J connectivity index is 1.65. The predicted octanol–water partition coefficient (Wildman–Crippen LogP) is 6.03. The molecule has 1 fully saturated rings. The average molecular weight is 500 g/mol. The molecule has 2 aromatic carbocycles. The number of alkyl halides is 3. The standard InChI is InChI=1S/C26H20F3NO4S/c1-13-9-10-35-24(13)21-20(22(31)15-3-8-19-16(12-15)11-14(2)34-19)23(32)25(33)30(21)18-6-4-17(5-7-18)26(27,28)29/h3-10,12,14,21,31H,11H2,1-2H3/b22-20-. The Kier molecular flexibility index (Phi) is 5.47. The molecule has 180 valence electrons. The lowest BCUT2D eigenvalue weighted by molar-refractivity contribution is -0.137. The Morgan fingerprint density at radius 1 is 1.11 bits per heavy atom. The third kappa shape index (κ3) is 3.89. The van der Waals surface area contributed by atoms with E-state index in [1.807, 2.05) is 19.9 Å². The van der Waals surface area contributed by atoms with E-state index in [0.29, 0.717) is 22.6 Å². The Bertz CT molecular complexity index is 1370. The first-order valence-corrected chi connectivity index (χ1v) is 11.8. The largest absolute Gasteiger partial charge is 0.507 e. The number of ketones is 1. The lowest BCUT2D eigenvalue weighted by atomic mass is 9.97. The molecule has 0 bridgehead atoms. The highest BCUT2D eigenvalue weighted by atomic mass is 32.1. The van der Waals surface area contributed by atoms with Crippen LogP contribution in [0, 0.1) is 6.92 Å². The molecule has 0 radical (unpaired) electrons. The fourth-order valence-electron chi connectivity index (χ4n) is 4.55. The number of carbonyl (C=O) groups excluding carboxylic acids is 2. The number of nitrogens with zero attached hydrogens (tertiary/aromatic N) is 1. The van der Waals surface area contributed by atoms with Gasteiger partial charge in [0.2, 0.25) is 0 Å². The molecule has 2 unspecified atom stereocenters. The molecule has 0 aliphatic carbocycles. The lowest BCUT2D eigenvalue weighted by Gasteiger charge is -2.25. The van der Waals surface area contributed by atoms with E-state index in [1.165, 1.54) is 11.3 Å². The van der Waals surface area contributed by atoms with E-state index in [4.69, 9.17) is 4.74 Å². The van der Waals surface area contributed by atoms with Gasteiger partial charge in [0.25, 0.3) is 11.7 Å². The van der Waals surface area contributed by atoms with Gasteiger partial charge in [0.05, 0.1) is 11.1 Å². The number of fused-ring (bicyclic) bond motifs is 1. The van der Waals surface area contributed by atoms with Crippen LogP contribution in [0.25, 0.3) is 5.76 Å². The normalized spacial score (nSPS) is 21.3. The van der Waals surface area contributed by atoms with Crippen LogP contribution in [0.1, 0.15) is 40.1 Å². The van der Waals surface area contributed by atoms with Crippen LogP contribution in [0.4, 0.5) is 18.9 Å². The second kappa shape index (κ2) is 8.27. The summed E-state index contributed by atoms with van der Waals surface area (Å²) in [5.41, 5.74) is 1.20. The molecular formula is C26H20F3NO4S. The van der Waals surface area contributed by atoms with Gasteiger partial charge >= 0.3 is 6.18 Å². The van der Waals surface area contributed by atoms with Crippen LogP contribution < -0.4 is 9.64 Å². The summed E-state index contributed by atoms with van der Waals surface area (Å²) in [5.74, 6) is -1.45. The fraction of sp³-hybridized carbons (Fsp3) is 0.231. The summed E-state index contributed by atoms with van der Waals surface area (Å²) in [4.78, 5) is 28.2. The zero-order valence-corrected chi connectivity index (χ0v) is 19.5. The van der Waals surface area contributed by atoms with Crippen molar-refractivity contribution in [3.8, 4) is 5.75 Å². The number of ether oxygens (including phenoxy) is 1. The van der Waals surface area contributed by atoms with Crippen LogP contribution in [0.3, 0.4) is 0 Å². The smallest absolute Gasteiger partial charge is 0.416 e. The van der Waals surface area contributed by atoms with E-state index < -0.39 is 29.5 Å². The highest BCUT2D eigenvalue weighted by Gasteiger charge is 2.48. The summed E-state index contributed by atoms with van der Waals surface area (Å²) in [7, 11) is 0. The van der Waals surface area contributed by atoms with Gasteiger partial charge in [0.1, 0.15) is 23.7 Å². The van der Waals surface area contributed by atoms with E-state index in [2.05, 4.69) is 0 Å². The monoisotopic (exact) mass is 499 g/mol. The highest BCUT2D eigenvalue weighted by Crippen LogP contribution is 2.45. The highest BCUT2D eigenvalue weighted by molar-refractivity contribution is 7.10. The molecule has 5 nitrogen and oxygen atoms in total. The van der Waals surface area contributed by atoms with Gasteiger partial charge < -0.3 is 9.84 Å². The van der Waals surface area contributed by atoms with E-state index >= 15 is 0 Å². The summed E-state index contributed by atoms with van der Waals surface area (Å²) in [6.07, 6.45) is -3.91. The van der Waals surface area contributed by atoms with E-state index in [-0.39, 0.29) is 23.1 Å². The van der Waals surface area contributed by atoms with Crippen LogP contribution in [0.15, 0.2) is 59.5 Å². The molecule has 2 aliphatic heterocycles. The molecule has 3 aromatic rings. The van der Waals surface area contributed by atoms with Crippen LogP contribution in [0.2, 0.25) is 0 Å². The number of aryl methyl sites for hydroxylation is 1. The first-order valence-electron chi connectivity index (χ1n) is 10.9. The van der Waals surface area contributed by atoms with Crippen LogP contribution in [-0.4, -0.2) is 22.9 Å². The van der Waals surface area contributed by atoms with Crippen molar-refractivity contribution in [3.63, 3.8) is 0 Å². The van der Waals surface area contributed by atoms with Gasteiger partial charge in [0.15, 0.2) is 0 Å². The number of aliphatic hydroxyl groups excluding tert-OH is 1. The van der Waals surface area contributed by atoms with E-state index in [0.717, 1.165) is 40.3 Å². The first kappa shape index (κ1) is 23.2. The number of carbonyl (C=O) groups is 2. The Morgan fingerprint density at radius 3 is 2.46 bits per heavy atom. The second-order valence-electron chi connectivity index (χ2n) is 8.64. The summed E-state index contributed by atoms with van der Waals surface area (Å²) in [6, 6.07) is 9.98. The van der Waals surface area contributed by atoms with Gasteiger partial charge in [-0.3, -0.25) is 14.5 Å². The van der Waals surface area contributed by atoms with Crippen molar-refractivity contribution in [1.29, 1.82) is 0 Å². The SMILES string of the molecule is Cc1ccsc1C1/C(=C(/O)c2ccc3c(c2)CC(C)O3)C(=O)C(=O)N1c1ccc(C(F)(F)F)cc1. The van der Waals surface area contributed by atoms with Crippen molar-refractivity contribution in [2.45, 2.75) is 38.6 Å². The zero-order chi connectivity index (χ0) is 25.1. The van der Waals surface area contributed by atoms with Crippen molar-refractivity contribution < 1.29 is 32.6 Å². The Morgan fingerprint density at radius 2 is 1.83 bits per heavy atom. The van der Waals surface area contributed by atoms with Crippen LogP contribution >= 0.6 is 11.3 Å². The number of aliphatic hydroxyl groups is 1. The number of hydrogen-bond acceptors (Lipinski definition) is 5. The Labute approximate surface area is 203 Å². The maximum Gasteiger partial charge on any atom is 0.416 e. The van der Waals surface area contributed by atoms with Crippen molar-refractivity contribution >= 4 is 34.5 Å². The molecule has 1 N–H and O–H groups in total. The van der Waals surface area contributed by atoms with Gasteiger partial charge in [0, 0.05) is 22.5 Å². The summed E-state index contributed by atoms with van der Waals surface area (Å²) < 4.78 is 44.9. The summed E-state index contributed by atoms with van der Waals surface area (Å²) in [5, 5.41) is 13.1. The average Bonchev–Trinajstić information content (AvgIpc) is 3.47. The van der Waals surface area contributed by atoms with Crippen LogP contribution in [-0.2, 0) is 22.2 Å². The molecule has 0 spiro atoms. The molecule has 1 amide bonds. The molecule has 2 aliphatic rings. The molecule has 1 saturated heterocycles. The number of amides is 1. The number of rotatable bonds is 3.